The molecule has 104 valence electrons. The van der Waals surface area contributed by atoms with Crippen molar-refractivity contribution in [2.24, 2.45) is 5.92 Å². The van der Waals surface area contributed by atoms with E-state index in [1.165, 1.54) is 16.7 Å². The highest BCUT2D eigenvalue weighted by atomic mass is 16.1. The molecule has 0 N–H and O–H groups in total. The van der Waals surface area contributed by atoms with Crippen LogP contribution in [0.5, 0.6) is 0 Å². The maximum Gasteiger partial charge on any atom is 0.150 e. The number of fused-ring (bicyclic) bond motifs is 1. The number of carbonyl (C=O) groups excluding carboxylic acids is 1. The van der Waals surface area contributed by atoms with Gasteiger partial charge in [0.05, 0.1) is 6.54 Å². The van der Waals surface area contributed by atoms with Gasteiger partial charge in [-0.25, -0.2) is 0 Å². The molecule has 0 heterocycles. The fourth-order valence-electron chi connectivity index (χ4n) is 2.85. The van der Waals surface area contributed by atoms with E-state index in [9.17, 15) is 4.79 Å². The van der Waals surface area contributed by atoms with Crippen LogP contribution in [0.15, 0.2) is 18.2 Å². The lowest BCUT2D eigenvalue weighted by Gasteiger charge is -2.25. The van der Waals surface area contributed by atoms with E-state index in [4.69, 9.17) is 0 Å². The van der Waals surface area contributed by atoms with Gasteiger partial charge >= 0.3 is 0 Å². The molecule has 0 fully saturated rings. The average Bonchev–Trinajstić information content (AvgIpc) is 2.36. The predicted molar refractivity (Wildman–Crippen MR) is 79.6 cm³/mol. The van der Waals surface area contributed by atoms with E-state index in [2.05, 4.69) is 32.0 Å². The Balaban J connectivity index is 2.10. The highest BCUT2D eigenvalue weighted by Gasteiger charge is 2.24. The molecule has 19 heavy (non-hydrogen) atoms. The Hall–Kier alpha value is -1.15. The lowest BCUT2D eigenvalue weighted by Crippen LogP contribution is -2.31. The second-order valence-corrected chi connectivity index (χ2v) is 6.33. The first kappa shape index (κ1) is 14.3. The summed E-state index contributed by atoms with van der Waals surface area (Å²) in [6.07, 6.45) is 3.00. The normalized spacial score (nSPS) is 18.7. The third-order valence-corrected chi connectivity index (χ3v) is 4.05. The molecule has 1 aliphatic carbocycles. The van der Waals surface area contributed by atoms with Gasteiger partial charge in [-0.2, -0.15) is 0 Å². The van der Waals surface area contributed by atoms with E-state index >= 15 is 0 Å². The molecule has 1 unspecified atom stereocenters. The number of hydrogen-bond acceptors (Lipinski definition) is 2. The Morgan fingerprint density at radius 2 is 2.05 bits per heavy atom. The predicted octanol–water partition coefficient (Wildman–Crippen LogP) is 3.05. The maximum absolute atomic E-state index is 12.2. The van der Waals surface area contributed by atoms with Crippen LogP contribution < -0.4 is 0 Å². The second-order valence-electron chi connectivity index (χ2n) is 6.33. The summed E-state index contributed by atoms with van der Waals surface area (Å²) in [6, 6.07) is 6.80. The van der Waals surface area contributed by atoms with Gasteiger partial charge < -0.3 is 4.90 Å². The van der Waals surface area contributed by atoms with Gasteiger partial charge in [-0.1, -0.05) is 32.0 Å². The van der Waals surface area contributed by atoms with E-state index < -0.39 is 0 Å². The number of nitrogens with zero attached hydrogens (tertiary/aromatic N) is 1. The quantitative estimate of drug-likeness (QED) is 0.828. The molecule has 1 aromatic carbocycles. The van der Waals surface area contributed by atoms with Crippen molar-refractivity contribution in [3.8, 4) is 0 Å². The fourth-order valence-corrected chi connectivity index (χ4v) is 2.85. The Kier molecular flexibility index (Phi) is 4.41. The van der Waals surface area contributed by atoms with Crippen molar-refractivity contribution in [1.29, 1.82) is 0 Å². The molecule has 2 rings (SSSR count). The summed E-state index contributed by atoms with van der Waals surface area (Å²) in [5.41, 5.74) is 4.25. The van der Waals surface area contributed by atoms with Crippen LogP contribution in [0.25, 0.3) is 0 Å². The zero-order valence-electron chi connectivity index (χ0n) is 12.6. The maximum atomic E-state index is 12.2. The molecule has 0 radical (unpaired) electrons. The van der Waals surface area contributed by atoms with E-state index in [1.807, 2.05) is 19.0 Å². The van der Waals surface area contributed by atoms with Gasteiger partial charge in [-0.3, -0.25) is 4.79 Å². The number of rotatable bonds is 4. The van der Waals surface area contributed by atoms with Crippen LogP contribution in [0.1, 0.15) is 42.9 Å². The van der Waals surface area contributed by atoms with Crippen molar-refractivity contribution in [2.75, 3.05) is 20.6 Å². The van der Waals surface area contributed by atoms with Crippen LogP contribution in [-0.2, 0) is 17.6 Å². The van der Waals surface area contributed by atoms with Gasteiger partial charge in [0.1, 0.15) is 5.78 Å². The van der Waals surface area contributed by atoms with Crippen molar-refractivity contribution >= 4 is 5.78 Å². The number of aryl methyl sites for hydroxylation is 1. The van der Waals surface area contributed by atoms with Crippen LogP contribution in [0.2, 0.25) is 0 Å². The molecule has 0 saturated carbocycles. The van der Waals surface area contributed by atoms with Gasteiger partial charge in [0.2, 0.25) is 0 Å². The molecular weight excluding hydrogens is 234 g/mol. The molecule has 0 spiro atoms. The third kappa shape index (κ3) is 3.44. The molecule has 1 atom stereocenters. The molecule has 0 saturated heterocycles. The molecule has 0 aromatic heterocycles. The summed E-state index contributed by atoms with van der Waals surface area (Å²) < 4.78 is 0. The van der Waals surface area contributed by atoms with Crippen molar-refractivity contribution in [3.63, 3.8) is 0 Å². The zero-order chi connectivity index (χ0) is 14.0. The van der Waals surface area contributed by atoms with Crippen molar-refractivity contribution in [1.82, 2.24) is 4.90 Å². The van der Waals surface area contributed by atoms with Crippen LogP contribution in [0.4, 0.5) is 0 Å². The summed E-state index contributed by atoms with van der Waals surface area (Å²) in [5.74, 6) is 1.20. The lowest BCUT2D eigenvalue weighted by atomic mass is 9.80. The molecule has 0 amide bonds. The fraction of sp³-hybridized carbons (Fsp3) is 0.588. The first-order chi connectivity index (χ1) is 8.97. The van der Waals surface area contributed by atoms with Gasteiger partial charge in [0.15, 0.2) is 0 Å². The van der Waals surface area contributed by atoms with Gasteiger partial charge in [-0.15, -0.1) is 0 Å². The first-order valence-electron chi connectivity index (χ1n) is 7.26. The van der Waals surface area contributed by atoms with Crippen molar-refractivity contribution in [2.45, 2.75) is 39.0 Å². The molecule has 1 aliphatic rings. The Labute approximate surface area is 116 Å². The summed E-state index contributed by atoms with van der Waals surface area (Å²) in [6.45, 7) is 5.03. The van der Waals surface area contributed by atoms with Crippen molar-refractivity contribution in [3.05, 3.63) is 34.9 Å². The Bertz CT molecular complexity index is 462. The number of hydrogen-bond donors (Lipinski definition) is 0. The molecule has 0 aliphatic heterocycles. The van der Waals surface area contributed by atoms with Crippen LogP contribution in [-0.4, -0.2) is 31.3 Å². The Morgan fingerprint density at radius 3 is 2.68 bits per heavy atom. The molecule has 1 aromatic rings. The topological polar surface area (TPSA) is 20.3 Å². The number of carbonyl (C=O) groups is 1. The summed E-state index contributed by atoms with van der Waals surface area (Å²) >= 11 is 0. The highest BCUT2D eigenvalue weighted by molar-refractivity contribution is 5.83. The first-order valence-corrected chi connectivity index (χ1v) is 7.26. The summed E-state index contributed by atoms with van der Waals surface area (Å²) in [7, 11) is 3.92. The summed E-state index contributed by atoms with van der Waals surface area (Å²) in [4.78, 5) is 14.1. The SMILES string of the molecule is CC(C)c1ccc2c(c1)CCC(C(=O)CN(C)C)C2. The molecule has 2 heteroatoms. The number of benzene rings is 1. The smallest absolute Gasteiger partial charge is 0.150 e. The van der Waals surface area contributed by atoms with Crippen LogP contribution in [0.3, 0.4) is 0 Å². The second kappa shape index (κ2) is 5.87. The van der Waals surface area contributed by atoms with Gasteiger partial charge in [-0.05, 0) is 56.0 Å². The van der Waals surface area contributed by atoms with Crippen molar-refractivity contribution < 1.29 is 4.79 Å². The van der Waals surface area contributed by atoms with E-state index in [1.54, 1.807) is 0 Å². The zero-order valence-corrected chi connectivity index (χ0v) is 12.6. The monoisotopic (exact) mass is 259 g/mol. The number of Topliss-reactive ketones (excluding diaryl/α,β-unsaturated/α-hetero) is 1. The standard InChI is InChI=1S/C17H25NO/c1-12(2)13-5-6-15-10-16(8-7-14(15)9-13)17(19)11-18(3)4/h5-6,9,12,16H,7-8,10-11H2,1-4H3. The Morgan fingerprint density at radius 1 is 1.32 bits per heavy atom. The highest BCUT2D eigenvalue weighted by Crippen LogP contribution is 2.29. The minimum atomic E-state index is 0.222. The van der Waals surface area contributed by atoms with E-state index in [0.29, 0.717) is 18.2 Å². The number of ketones is 1. The van der Waals surface area contributed by atoms with Gasteiger partial charge in [0, 0.05) is 5.92 Å². The lowest BCUT2D eigenvalue weighted by molar-refractivity contribution is -0.123. The van der Waals surface area contributed by atoms with Crippen LogP contribution in [0, 0.1) is 5.92 Å². The largest absolute Gasteiger partial charge is 0.302 e. The minimum absolute atomic E-state index is 0.222. The van der Waals surface area contributed by atoms with E-state index in [0.717, 1.165) is 19.3 Å². The molecule has 2 nitrogen and oxygen atoms in total. The minimum Gasteiger partial charge on any atom is -0.302 e. The molecular formula is C17H25NO. The van der Waals surface area contributed by atoms with Gasteiger partial charge in [0.25, 0.3) is 0 Å². The molecule has 0 bridgehead atoms. The van der Waals surface area contributed by atoms with Crippen LogP contribution >= 0.6 is 0 Å². The van der Waals surface area contributed by atoms with E-state index in [-0.39, 0.29) is 5.92 Å². The summed E-state index contributed by atoms with van der Waals surface area (Å²) in [5, 5.41) is 0. The third-order valence-electron chi connectivity index (χ3n) is 4.05. The number of likely N-dealkylation sites (N-methyl/N-ethyl adjacent to an activating group) is 1. The average molecular weight is 259 g/mol.